The van der Waals surface area contributed by atoms with Crippen LogP contribution in [0.5, 0.6) is 5.75 Å². The topological polar surface area (TPSA) is 84.5 Å². The van der Waals surface area contributed by atoms with Crippen molar-refractivity contribution in [3.05, 3.63) is 53.8 Å². The zero-order valence-corrected chi connectivity index (χ0v) is 15.7. The van der Waals surface area contributed by atoms with E-state index in [0.29, 0.717) is 23.4 Å². The minimum absolute atomic E-state index is 0.0132. The number of amides is 1. The number of rotatable bonds is 7. The summed E-state index contributed by atoms with van der Waals surface area (Å²) in [7, 11) is -3.80. The summed E-state index contributed by atoms with van der Waals surface area (Å²) in [5, 5.41) is 2.71. The number of unbranched alkanes of at least 4 members (excludes halogenated alkanes) is 1. The van der Waals surface area contributed by atoms with Gasteiger partial charge in [0.25, 0.3) is 5.91 Å². The van der Waals surface area contributed by atoms with Crippen LogP contribution in [-0.2, 0) is 21.4 Å². The second-order valence-corrected chi connectivity index (χ2v) is 8.11. The first kappa shape index (κ1) is 19.3. The fourth-order valence-electron chi connectivity index (χ4n) is 2.74. The molecule has 1 aliphatic heterocycles. The Morgan fingerprint density at radius 1 is 1.19 bits per heavy atom. The van der Waals surface area contributed by atoms with Crippen LogP contribution in [-0.4, -0.2) is 20.4 Å². The molecule has 8 heteroatoms. The summed E-state index contributed by atoms with van der Waals surface area (Å²) in [6.45, 7) is 2.06. The smallest absolute Gasteiger partial charge is 0.265 e. The highest BCUT2D eigenvalue weighted by atomic mass is 32.2. The molecule has 1 heterocycles. The number of carbonyl (C=O) groups is 1. The first-order valence-electron chi connectivity index (χ1n) is 8.75. The molecule has 0 radical (unpaired) electrons. The molecule has 144 valence electrons. The number of carbonyl (C=O) groups excluding carboxylic acids is 1. The lowest BCUT2D eigenvalue weighted by Gasteiger charge is -2.26. The Morgan fingerprint density at radius 2 is 1.93 bits per heavy atom. The van der Waals surface area contributed by atoms with Gasteiger partial charge >= 0.3 is 0 Å². The van der Waals surface area contributed by atoms with Gasteiger partial charge < -0.3 is 10.1 Å². The number of sulfonamides is 1. The van der Waals surface area contributed by atoms with Gasteiger partial charge in [0.1, 0.15) is 11.6 Å². The lowest BCUT2D eigenvalue weighted by Crippen LogP contribution is -2.37. The average molecular weight is 392 g/mol. The Labute approximate surface area is 157 Å². The zero-order chi connectivity index (χ0) is 19.4. The Bertz CT molecular complexity index is 929. The molecule has 6 nitrogen and oxygen atoms in total. The SMILES string of the molecule is CCCCC1Oc2ccc(S(=O)(=O)NCc3ccc(F)cc3)cc2NC1=O. The van der Waals surface area contributed by atoms with Gasteiger partial charge in [-0.25, -0.2) is 17.5 Å². The zero-order valence-electron chi connectivity index (χ0n) is 14.9. The van der Waals surface area contributed by atoms with Crippen LogP contribution in [0.15, 0.2) is 47.4 Å². The summed E-state index contributed by atoms with van der Waals surface area (Å²) in [6.07, 6.45) is 1.88. The molecule has 3 rings (SSSR count). The number of hydrogen-bond donors (Lipinski definition) is 2. The third kappa shape index (κ3) is 4.64. The number of nitrogens with one attached hydrogen (secondary N) is 2. The molecule has 0 aliphatic carbocycles. The highest BCUT2D eigenvalue weighted by Crippen LogP contribution is 2.32. The summed E-state index contributed by atoms with van der Waals surface area (Å²) in [5.74, 6) is -0.206. The van der Waals surface area contributed by atoms with Gasteiger partial charge in [-0.05, 0) is 48.7 Å². The molecular formula is C19H21FN2O4S. The lowest BCUT2D eigenvalue weighted by atomic mass is 10.1. The quantitative estimate of drug-likeness (QED) is 0.758. The van der Waals surface area contributed by atoms with Crippen LogP contribution >= 0.6 is 0 Å². The highest BCUT2D eigenvalue weighted by Gasteiger charge is 2.28. The predicted octanol–water partition coefficient (Wildman–Crippen LogP) is 3.19. The molecule has 2 N–H and O–H groups in total. The van der Waals surface area contributed by atoms with Crippen LogP contribution in [0.2, 0.25) is 0 Å². The number of fused-ring (bicyclic) bond motifs is 1. The first-order valence-corrected chi connectivity index (χ1v) is 10.2. The molecule has 2 aromatic carbocycles. The van der Waals surface area contributed by atoms with Crippen LogP contribution in [0.25, 0.3) is 0 Å². The maximum Gasteiger partial charge on any atom is 0.265 e. The number of ether oxygens (including phenoxy) is 1. The molecular weight excluding hydrogens is 371 g/mol. The van der Waals surface area contributed by atoms with Crippen molar-refractivity contribution in [3.63, 3.8) is 0 Å². The van der Waals surface area contributed by atoms with E-state index in [2.05, 4.69) is 10.0 Å². The predicted molar refractivity (Wildman–Crippen MR) is 99.4 cm³/mol. The van der Waals surface area contributed by atoms with Crippen molar-refractivity contribution < 1.29 is 22.3 Å². The maximum absolute atomic E-state index is 12.9. The molecule has 0 saturated carbocycles. The minimum Gasteiger partial charge on any atom is -0.478 e. The van der Waals surface area contributed by atoms with Gasteiger partial charge in [0.15, 0.2) is 6.10 Å². The third-order valence-electron chi connectivity index (χ3n) is 4.28. The molecule has 0 spiro atoms. The van der Waals surface area contributed by atoms with Gasteiger partial charge in [0.05, 0.1) is 10.6 Å². The minimum atomic E-state index is -3.80. The van der Waals surface area contributed by atoms with Crippen molar-refractivity contribution in [2.24, 2.45) is 0 Å². The average Bonchev–Trinajstić information content (AvgIpc) is 2.65. The van der Waals surface area contributed by atoms with Gasteiger partial charge in [0, 0.05) is 6.54 Å². The summed E-state index contributed by atoms with van der Waals surface area (Å²) in [6, 6.07) is 9.90. The number of halogens is 1. The summed E-state index contributed by atoms with van der Waals surface area (Å²) in [5.41, 5.74) is 0.964. The normalized spacial score (nSPS) is 16.4. The molecule has 0 fully saturated rings. The van der Waals surface area contributed by atoms with Crippen LogP contribution in [0.3, 0.4) is 0 Å². The molecule has 0 saturated heterocycles. The van der Waals surface area contributed by atoms with E-state index in [9.17, 15) is 17.6 Å². The van der Waals surface area contributed by atoms with E-state index in [4.69, 9.17) is 4.74 Å². The fraction of sp³-hybridized carbons (Fsp3) is 0.316. The van der Waals surface area contributed by atoms with Crippen molar-refractivity contribution in [1.29, 1.82) is 0 Å². The molecule has 0 bridgehead atoms. The van der Waals surface area contributed by atoms with Gasteiger partial charge in [-0.3, -0.25) is 4.79 Å². The molecule has 1 unspecified atom stereocenters. The summed E-state index contributed by atoms with van der Waals surface area (Å²) in [4.78, 5) is 12.1. The molecule has 2 aromatic rings. The van der Waals surface area contributed by atoms with Gasteiger partial charge in [-0.1, -0.05) is 25.5 Å². The second kappa shape index (κ2) is 8.06. The van der Waals surface area contributed by atoms with E-state index in [1.54, 1.807) is 6.07 Å². The first-order chi connectivity index (χ1) is 12.9. The molecule has 27 heavy (non-hydrogen) atoms. The number of benzene rings is 2. The molecule has 0 aromatic heterocycles. The lowest BCUT2D eigenvalue weighted by molar-refractivity contribution is -0.123. The van der Waals surface area contributed by atoms with Gasteiger partial charge in [-0.15, -0.1) is 0 Å². The Morgan fingerprint density at radius 3 is 2.63 bits per heavy atom. The van der Waals surface area contributed by atoms with Crippen molar-refractivity contribution in [2.75, 3.05) is 5.32 Å². The van der Waals surface area contributed by atoms with E-state index in [1.807, 2.05) is 6.92 Å². The van der Waals surface area contributed by atoms with E-state index in [-0.39, 0.29) is 23.2 Å². The van der Waals surface area contributed by atoms with Crippen molar-refractivity contribution in [2.45, 2.75) is 43.7 Å². The Balaban J connectivity index is 1.73. The van der Waals surface area contributed by atoms with Crippen molar-refractivity contribution >= 4 is 21.6 Å². The van der Waals surface area contributed by atoms with Gasteiger partial charge in [-0.2, -0.15) is 0 Å². The van der Waals surface area contributed by atoms with Crippen LogP contribution in [0.4, 0.5) is 10.1 Å². The number of anilines is 1. The molecule has 1 amide bonds. The van der Waals surface area contributed by atoms with Crippen LogP contribution in [0, 0.1) is 5.82 Å². The monoisotopic (exact) mass is 392 g/mol. The number of hydrogen-bond acceptors (Lipinski definition) is 4. The molecule has 1 atom stereocenters. The summed E-state index contributed by atoms with van der Waals surface area (Å²) >= 11 is 0. The summed E-state index contributed by atoms with van der Waals surface area (Å²) < 4.78 is 46.1. The van der Waals surface area contributed by atoms with Crippen LogP contribution < -0.4 is 14.8 Å². The fourth-order valence-corrected chi connectivity index (χ4v) is 3.78. The molecule has 1 aliphatic rings. The Kier molecular flexibility index (Phi) is 5.76. The van der Waals surface area contributed by atoms with Crippen LogP contribution in [0.1, 0.15) is 31.7 Å². The van der Waals surface area contributed by atoms with E-state index >= 15 is 0 Å². The third-order valence-corrected chi connectivity index (χ3v) is 5.68. The van der Waals surface area contributed by atoms with Gasteiger partial charge in [0.2, 0.25) is 10.0 Å². The van der Waals surface area contributed by atoms with Crippen molar-refractivity contribution in [3.8, 4) is 5.75 Å². The van der Waals surface area contributed by atoms with Crippen molar-refractivity contribution in [1.82, 2.24) is 4.72 Å². The van der Waals surface area contributed by atoms with E-state index in [1.165, 1.54) is 36.4 Å². The van der Waals surface area contributed by atoms with E-state index in [0.717, 1.165) is 12.8 Å². The standard InChI is InChI=1S/C19H21FN2O4S/c1-2-3-4-18-19(23)22-16-11-15(9-10-17(16)26-18)27(24,25)21-12-13-5-7-14(20)8-6-13/h5-11,18,21H,2-4,12H2,1H3,(H,22,23). The Hall–Kier alpha value is -2.45. The highest BCUT2D eigenvalue weighted by molar-refractivity contribution is 7.89. The maximum atomic E-state index is 12.9. The largest absolute Gasteiger partial charge is 0.478 e. The van der Waals surface area contributed by atoms with E-state index < -0.39 is 16.1 Å². The second-order valence-electron chi connectivity index (χ2n) is 6.35.